The molecule has 1 aromatic carbocycles. The van der Waals surface area contributed by atoms with Crippen molar-refractivity contribution >= 4 is 33.8 Å². The van der Waals surface area contributed by atoms with Gasteiger partial charge in [0.05, 0.1) is 0 Å². The van der Waals surface area contributed by atoms with Gasteiger partial charge in [-0.15, -0.1) is 0 Å². The zero-order valence-electron chi connectivity index (χ0n) is 11.7. The van der Waals surface area contributed by atoms with Gasteiger partial charge in [0.2, 0.25) is 11.8 Å². The van der Waals surface area contributed by atoms with Gasteiger partial charge in [0, 0.05) is 17.1 Å². The highest BCUT2D eigenvalue weighted by Crippen LogP contribution is 2.11. The number of amides is 2. The van der Waals surface area contributed by atoms with Crippen molar-refractivity contribution in [2.75, 3.05) is 6.54 Å². The normalized spacial score (nSPS) is 12.2. The summed E-state index contributed by atoms with van der Waals surface area (Å²) in [6, 6.07) is 7.05. The lowest BCUT2D eigenvalue weighted by Crippen LogP contribution is -2.44. The summed E-state index contributed by atoms with van der Waals surface area (Å²) in [5.74, 6) is -0.454. The van der Waals surface area contributed by atoms with Crippen LogP contribution in [-0.4, -0.2) is 24.4 Å². The molecule has 0 bridgehead atoms. The zero-order valence-corrected chi connectivity index (χ0v) is 13.2. The fourth-order valence-corrected chi connectivity index (χ4v) is 1.74. The van der Waals surface area contributed by atoms with Gasteiger partial charge in [-0.3, -0.25) is 9.59 Å². The summed E-state index contributed by atoms with van der Waals surface area (Å²) in [6.45, 7) is 4.26. The van der Waals surface area contributed by atoms with Crippen LogP contribution in [0, 0.1) is 0 Å². The van der Waals surface area contributed by atoms with Crippen LogP contribution in [0.25, 0.3) is 6.08 Å². The molecule has 0 aromatic heterocycles. The van der Waals surface area contributed by atoms with E-state index in [1.54, 1.807) is 13.0 Å². The fourth-order valence-electron chi connectivity index (χ4n) is 1.47. The van der Waals surface area contributed by atoms with Crippen molar-refractivity contribution in [2.24, 2.45) is 0 Å². The highest BCUT2D eigenvalue weighted by molar-refractivity contribution is 9.10. The summed E-state index contributed by atoms with van der Waals surface area (Å²) in [6.07, 6.45) is 4.00. The van der Waals surface area contributed by atoms with Crippen LogP contribution in [0.15, 0.2) is 34.8 Å². The molecular formula is C15H19BrN2O2. The zero-order chi connectivity index (χ0) is 15.0. The molecule has 1 atom stereocenters. The number of nitrogens with one attached hydrogen (secondary N) is 2. The van der Waals surface area contributed by atoms with E-state index in [0.29, 0.717) is 6.54 Å². The molecule has 0 saturated heterocycles. The largest absolute Gasteiger partial charge is 0.354 e. The van der Waals surface area contributed by atoms with Crippen LogP contribution in [0.2, 0.25) is 0 Å². The first-order valence-electron chi connectivity index (χ1n) is 6.54. The van der Waals surface area contributed by atoms with Crippen LogP contribution in [0.1, 0.15) is 25.8 Å². The smallest absolute Gasteiger partial charge is 0.244 e. The Balaban J connectivity index is 2.46. The van der Waals surface area contributed by atoms with Gasteiger partial charge in [-0.05, 0) is 37.1 Å². The van der Waals surface area contributed by atoms with E-state index in [1.807, 2.05) is 31.2 Å². The summed E-state index contributed by atoms with van der Waals surface area (Å²) in [5, 5.41) is 5.36. The molecule has 0 saturated carbocycles. The maximum Gasteiger partial charge on any atom is 0.244 e. The van der Waals surface area contributed by atoms with E-state index in [1.165, 1.54) is 6.08 Å². The molecule has 4 nitrogen and oxygen atoms in total. The number of halogens is 1. The highest BCUT2D eigenvalue weighted by Gasteiger charge is 2.12. The fraction of sp³-hybridized carbons (Fsp3) is 0.333. The Morgan fingerprint density at radius 1 is 1.30 bits per heavy atom. The first kappa shape index (κ1) is 16.4. The van der Waals surface area contributed by atoms with Gasteiger partial charge < -0.3 is 10.6 Å². The van der Waals surface area contributed by atoms with E-state index in [4.69, 9.17) is 0 Å². The SMILES string of the molecule is CCCNC(=O)[C@@H](C)NC(=O)/C=C/c1ccc(Br)cc1. The third-order valence-corrected chi connectivity index (χ3v) is 3.13. The summed E-state index contributed by atoms with van der Waals surface area (Å²) in [5.41, 5.74) is 0.923. The molecule has 0 unspecified atom stereocenters. The lowest BCUT2D eigenvalue weighted by atomic mass is 10.2. The molecule has 2 N–H and O–H groups in total. The third-order valence-electron chi connectivity index (χ3n) is 2.60. The molecule has 0 heterocycles. The standard InChI is InChI=1S/C15H19BrN2O2/c1-3-10-17-15(20)11(2)18-14(19)9-6-12-4-7-13(16)8-5-12/h4-9,11H,3,10H2,1-2H3,(H,17,20)(H,18,19)/b9-6+/t11-/m1/s1. The quantitative estimate of drug-likeness (QED) is 0.783. The number of carbonyl (C=O) groups excluding carboxylic acids is 2. The molecule has 20 heavy (non-hydrogen) atoms. The lowest BCUT2D eigenvalue weighted by Gasteiger charge is -2.12. The molecule has 0 fully saturated rings. The van der Waals surface area contributed by atoms with Crippen LogP contribution in [0.3, 0.4) is 0 Å². The first-order chi connectivity index (χ1) is 9.52. The van der Waals surface area contributed by atoms with Gasteiger partial charge in [-0.2, -0.15) is 0 Å². The molecule has 5 heteroatoms. The Bertz CT molecular complexity index is 483. The molecule has 0 spiro atoms. The van der Waals surface area contributed by atoms with E-state index in [9.17, 15) is 9.59 Å². The predicted octanol–water partition coefficient (Wildman–Crippen LogP) is 2.49. The Kier molecular flexibility index (Phi) is 7.01. The van der Waals surface area contributed by atoms with E-state index in [2.05, 4.69) is 26.6 Å². The van der Waals surface area contributed by atoms with E-state index < -0.39 is 6.04 Å². The topological polar surface area (TPSA) is 58.2 Å². The molecule has 0 aliphatic carbocycles. The van der Waals surface area contributed by atoms with Gasteiger partial charge >= 0.3 is 0 Å². The second-order valence-corrected chi connectivity index (χ2v) is 5.32. The van der Waals surface area contributed by atoms with E-state index in [-0.39, 0.29) is 11.8 Å². The summed E-state index contributed by atoms with van der Waals surface area (Å²) in [7, 11) is 0. The van der Waals surface area contributed by atoms with Gasteiger partial charge in [0.25, 0.3) is 0 Å². The van der Waals surface area contributed by atoms with Crippen molar-refractivity contribution in [3.63, 3.8) is 0 Å². The Morgan fingerprint density at radius 2 is 1.95 bits per heavy atom. The summed E-state index contributed by atoms with van der Waals surface area (Å²) < 4.78 is 0.986. The van der Waals surface area contributed by atoms with Crippen molar-refractivity contribution in [1.29, 1.82) is 0 Å². The number of rotatable bonds is 6. The van der Waals surface area contributed by atoms with Crippen LogP contribution in [0.5, 0.6) is 0 Å². The molecule has 0 aliphatic rings. The maximum atomic E-state index is 11.7. The number of carbonyl (C=O) groups is 2. The van der Waals surface area contributed by atoms with Gasteiger partial charge in [-0.1, -0.05) is 35.0 Å². The predicted molar refractivity (Wildman–Crippen MR) is 84.1 cm³/mol. The van der Waals surface area contributed by atoms with Crippen LogP contribution in [0.4, 0.5) is 0 Å². The average molecular weight is 339 g/mol. The molecular weight excluding hydrogens is 320 g/mol. The third kappa shape index (κ3) is 6.02. The van der Waals surface area contributed by atoms with Gasteiger partial charge in [0.15, 0.2) is 0 Å². The Labute approximate surface area is 127 Å². The maximum absolute atomic E-state index is 11.7. The molecule has 1 rings (SSSR count). The molecule has 1 aromatic rings. The molecule has 108 valence electrons. The van der Waals surface area contributed by atoms with Crippen molar-refractivity contribution < 1.29 is 9.59 Å². The second-order valence-electron chi connectivity index (χ2n) is 4.41. The Hall–Kier alpha value is -1.62. The van der Waals surface area contributed by atoms with E-state index >= 15 is 0 Å². The van der Waals surface area contributed by atoms with Crippen molar-refractivity contribution in [2.45, 2.75) is 26.3 Å². The highest BCUT2D eigenvalue weighted by atomic mass is 79.9. The van der Waals surface area contributed by atoms with Crippen LogP contribution in [-0.2, 0) is 9.59 Å². The average Bonchev–Trinajstić information content (AvgIpc) is 2.44. The molecule has 0 radical (unpaired) electrons. The van der Waals surface area contributed by atoms with Gasteiger partial charge in [0.1, 0.15) is 6.04 Å². The van der Waals surface area contributed by atoms with E-state index in [0.717, 1.165) is 16.5 Å². The summed E-state index contributed by atoms with van der Waals surface area (Å²) >= 11 is 3.35. The Morgan fingerprint density at radius 3 is 2.55 bits per heavy atom. The van der Waals surface area contributed by atoms with Crippen molar-refractivity contribution in [1.82, 2.24) is 10.6 Å². The lowest BCUT2D eigenvalue weighted by molar-refractivity contribution is -0.126. The second kappa shape index (κ2) is 8.53. The van der Waals surface area contributed by atoms with Crippen molar-refractivity contribution in [3.8, 4) is 0 Å². The molecule has 2 amide bonds. The monoisotopic (exact) mass is 338 g/mol. The minimum Gasteiger partial charge on any atom is -0.354 e. The minimum absolute atomic E-state index is 0.169. The first-order valence-corrected chi connectivity index (χ1v) is 7.34. The summed E-state index contributed by atoms with van der Waals surface area (Å²) in [4.78, 5) is 23.3. The number of benzene rings is 1. The van der Waals surface area contributed by atoms with Crippen LogP contribution < -0.4 is 10.6 Å². The molecule has 0 aliphatic heterocycles. The number of hydrogen-bond acceptors (Lipinski definition) is 2. The van der Waals surface area contributed by atoms with Crippen LogP contribution >= 0.6 is 15.9 Å². The van der Waals surface area contributed by atoms with Crippen molar-refractivity contribution in [3.05, 3.63) is 40.4 Å². The van der Waals surface area contributed by atoms with Gasteiger partial charge in [-0.25, -0.2) is 0 Å². The minimum atomic E-state index is -0.538. The number of hydrogen-bond donors (Lipinski definition) is 2.